The molecule has 1 saturated carbocycles. The molecule has 7 heteroatoms. The summed E-state index contributed by atoms with van der Waals surface area (Å²) in [6, 6.07) is 16.2. The quantitative estimate of drug-likeness (QED) is 0.617. The van der Waals surface area contributed by atoms with Gasteiger partial charge < -0.3 is 20.1 Å². The highest BCUT2D eigenvalue weighted by atomic mass is 16.5. The third kappa shape index (κ3) is 4.77. The Morgan fingerprint density at radius 1 is 0.943 bits per heavy atom. The lowest BCUT2D eigenvalue weighted by Crippen LogP contribution is -2.43. The fourth-order valence-corrected chi connectivity index (χ4v) is 6.22. The molecule has 2 fully saturated rings. The van der Waals surface area contributed by atoms with Crippen LogP contribution in [0.5, 0.6) is 0 Å². The lowest BCUT2D eigenvalue weighted by Gasteiger charge is -2.29. The number of fused-ring (bicyclic) bond motifs is 3. The number of carbonyl (C=O) groups excluding carboxylic acids is 2. The monoisotopic (exact) mass is 476 g/mol. The van der Waals surface area contributed by atoms with Crippen LogP contribution in [0, 0.1) is 11.8 Å². The lowest BCUT2D eigenvalue weighted by atomic mass is 9.94. The molecule has 1 heterocycles. The van der Waals surface area contributed by atoms with Crippen LogP contribution >= 0.6 is 0 Å². The highest BCUT2D eigenvalue weighted by Gasteiger charge is 2.40. The summed E-state index contributed by atoms with van der Waals surface area (Å²) >= 11 is 0. The summed E-state index contributed by atoms with van der Waals surface area (Å²) in [4.78, 5) is 38.8. The second kappa shape index (κ2) is 10.1. The minimum absolute atomic E-state index is 0.00112. The maximum absolute atomic E-state index is 13.2. The topological polar surface area (TPSA) is 95.9 Å². The van der Waals surface area contributed by atoms with Gasteiger partial charge in [0.2, 0.25) is 5.91 Å². The number of hydrogen-bond donors (Lipinski definition) is 2. The first-order valence-electron chi connectivity index (χ1n) is 12.6. The number of rotatable bonds is 7. The Kier molecular flexibility index (Phi) is 6.75. The molecule has 0 aromatic heterocycles. The van der Waals surface area contributed by atoms with E-state index in [9.17, 15) is 19.5 Å². The molecular weight excluding hydrogens is 444 g/mol. The summed E-state index contributed by atoms with van der Waals surface area (Å²) in [5.41, 5.74) is 4.72. The standard InChI is InChI=1S/C28H32N2O5/c31-26(32)15-19-8-6-14-30(19)27(33)20-13-5-7-18(20)16-29-28(34)35-17-25-23-11-3-1-9-21(23)22-10-2-4-12-24(22)25/h1-4,9-12,18-20,25H,5-8,13-17H2,(H,29,34)(H,31,32)/t18-,19-,20-/m0/s1. The molecule has 2 aromatic rings. The molecule has 2 aliphatic carbocycles. The van der Waals surface area contributed by atoms with Crippen LogP contribution in [0.15, 0.2) is 48.5 Å². The molecule has 1 saturated heterocycles. The number of carbonyl (C=O) groups is 3. The summed E-state index contributed by atoms with van der Waals surface area (Å²) in [7, 11) is 0. The van der Waals surface area contributed by atoms with Crippen molar-refractivity contribution in [2.45, 2.75) is 50.5 Å². The molecule has 3 aliphatic rings. The molecule has 0 spiro atoms. The zero-order chi connectivity index (χ0) is 24.4. The molecule has 184 valence electrons. The number of hydrogen-bond acceptors (Lipinski definition) is 4. The fourth-order valence-electron chi connectivity index (χ4n) is 6.22. The molecule has 0 unspecified atom stereocenters. The number of aliphatic carboxylic acids is 1. The highest BCUT2D eigenvalue weighted by Crippen LogP contribution is 2.44. The number of ether oxygens (including phenoxy) is 1. The van der Waals surface area contributed by atoms with Crippen LogP contribution in [-0.2, 0) is 14.3 Å². The van der Waals surface area contributed by atoms with Crippen LogP contribution < -0.4 is 5.32 Å². The molecule has 5 rings (SSSR count). The van der Waals surface area contributed by atoms with Crippen molar-refractivity contribution in [2.75, 3.05) is 19.7 Å². The van der Waals surface area contributed by atoms with Crippen molar-refractivity contribution in [2.24, 2.45) is 11.8 Å². The van der Waals surface area contributed by atoms with Gasteiger partial charge in [-0.1, -0.05) is 55.0 Å². The first-order valence-corrected chi connectivity index (χ1v) is 12.6. The smallest absolute Gasteiger partial charge is 0.407 e. The molecule has 3 atom stereocenters. The third-order valence-electron chi connectivity index (χ3n) is 7.90. The zero-order valence-corrected chi connectivity index (χ0v) is 19.8. The van der Waals surface area contributed by atoms with E-state index < -0.39 is 12.1 Å². The lowest BCUT2D eigenvalue weighted by molar-refractivity contribution is -0.141. The van der Waals surface area contributed by atoms with Crippen molar-refractivity contribution in [3.8, 4) is 11.1 Å². The maximum atomic E-state index is 13.2. The fraction of sp³-hybridized carbons (Fsp3) is 0.464. The van der Waals surface area contributed by atoms with Gasteiger partial charge >= 0.3 is 12.1 Å². The van der Waals surface area contributed by atoms with Gasteiger partial charge in [0.25, 0.3) is 0 Å². The van der Waals surface area contributed by atoms with Gasteiger partial charge in [-0.2, -0.15) is 0 Å². The van der Waals surface area contributed by atoms with Gasteiger partial charge in [-0.3, -0.25) is 9.59 Å². The normalized spacial score (nSPS) is 23.1. The number of carboxylic acid groups (broad SMARTS) is 1. The molecule has 0 radical (unpaired) electrons. The van der Waals surface area contributed by atoms with E-state index in [0.717, 1.165) is 32.1 Å². The Hall–Kier alpha value is -3.35. The predicted molar refractivity (Wildman–Crippen MR) is 131 cm³/mol. The Morgan fingerprint density at radius 3 is 2.31 bits per heavy atom. The molecule has 0 bridgehead atoms. The van der Waals surface area contributed by atoms with Crippen LogP contribution in [0.4, 0.5) is 4.79 Å². The molecule has 2 amide bonds. The highest BCUT2D eigenvalue weighted by molar-refractivity contribution is 5.81. The number of amides is 2. The SMILES string of the molecule is O=C(O)C[C@@H]1CCCN1C(=O)[C@H]1CCC[C@H]1CNC(=O)OCC1c2ccccc2-c2ccccc21. The second-order valence-electron chi connectivity index (χ2n) is 9.93. The zero-order valence-electron chi connectivity index (χ0n) is 19.8. The summed E-state index contributed by atoms with van der Waals surface area (Å²) < 4.78 is 5.65. The minimum Gasteiger partial charge on any atom is -0.481 e. The molecule has 2 aromatic carbocycles. The molecule has 7 nitrogen and oxygen atoms in total. The van der Waals surface area contributed by atoms with E-state index in [0.29, 0.717) is 13.1 Å². The van der Waals surface area contributed by atoms with Gasteiger partial charge in [-0.25, -0.2) is 4.79 Å². The van der Waals surface area contributed by atoms with E-state index in [-0.39, 0.29) is 42.7 Å². The Labute approximate surface area is 205 Å². The van der Waals surface area contributed by atoms with Gasteiger partial charge in [0.15, 0.2) is 0 Å². The molecule has 2 N–H and O–H groups in total. The van der Waals surface area contributed by atoms with Gasteiger partial charge in [-0.15, -0.1) is 0 Å². The maximum Gasteiger partial charge on any atom is 0.407 e. The van der Waals surface area contributed by atoms with Crippen molar-refractivity contribution in [3.63, 3.8) is 0 Å². The van der Waals surface area contributed by atoms with E-state index in [1.807, 2.05) is 24.3 Å². The Balaban J connectivity index is 1.16. The van der Waals surface area contributed by atoms with Crippen LogP contribution in [0.25, 0.3) is 11.1 Å². The summed E-state index contributed by atoms with van der Waals surface area (Å²) in [5.74, 6) is -0.928. The average molecular weight is 477 g/mol. The molecule has 1 aliphatic heterocycles. The van der Waals surface area contributed by atoms with Crippen LogP contribution in [0.3, 0.4) is 0 Å². The number of benzene rings is 2. The number of nitrogens with zero attached hydrogens (tertiary/aromatic N) is 1. The number of likely N-dealkylation sites (tertiary alicyclic amines) is 1. The Morgan fingerprint density at radius 2 is 1.63 bits per heavy atom. The Bertz CT molecular complexity index is 1070. The van der Waals surface area contributed by atoms with Gasteiger partial charge in [-0.05, 0) is 53.9 Å². The molecule has 35 heavy (non-hydrogen) atoms. The van der Waals surface area contributed by atoms with Crippen molar-refractivity contribution in [3.05, 3.63) is 59.7 Å². The first-order chi connectivity index (χ1) is 17.0. The van der Waals surface area contributed by atoms with Gasteiger partial charge in [0.1, 0.15) is 6.61 Å². The third-order valence-corrected chi connectivity index (χ3v) is 7.90. The summed E-state index contributed by atoms with van der Waals surface area (Å²) in [6.07, 6.45) is 3.72. The minimum atomic E-state index is -0.866. The summed E-state index contributed by atoms with van der Waals surface area (Å²) in [6.45, 7) is 1.28. The number of alkyl carbamates (subject to hydrolysis) is 1. The van der Waals surface area contributed by atoms with Crippen LogP contribution in [-0.4, -0.2) is 53.7 Å². The molecular formula is C28H32N2O5. The van der Waals surface area contributed by atoms with E-state index in [1.54, 1.807) is 4.90 Å². The van der Waals surface area contributed by atoms with Crippen molar-refractivity contribution >= 4 is 18.0 Å². The van der Waals surface area contributed by atoms with Gasteiger partial charge in [0, 0.05) is 31.0 Å². The van der Waals surface area contributed by atoms with Crippen molar-refractivity contribution in [1.82, 2.24) is 10.2 Å². The first kappa shape index (κ1) is 23.4. The van der Waals surface area contributed by atoms with Crippen molar-refractivity contribution < 1.29 is 24.2 Å². The van der Waals surface area contributed by atoms with E-state index >= 15 is 0 Å². The summed E-state index contributed by atoms with van der Waals surface area (Å²) in [5, 5.41) is 12.1. The number of nitrogens with one attached hydrogen (secondary N) is 1. The predicted octanol–water partition coefficient (Wildman–Crippen LogP) is 4.41. The average Bonchev–Trinajstić information content (AvgIpc) is 3.58. The van der Waals surface area contributed by atoms with Gasteiger partial charge in [0.05, 0.1) is 6.42 Å². The number of carboxylic acids is 1. The van der Waals surface area contributed by atoms with E-state index in [4.69, 9.17) is 4.74 Å². The largest absolute Gasteiger partial charge is 0.481 e. The van der Waals surface area contributed by atoms with E-state index in [2.05, 4.69) is 29.6 Å². The van der Waals surface area contributed by atoms with E-state index in [1.165, 1.54) is 22.3 Å². The van der Waals surface area contributed by atoms with Crippen molar-refractivity contribution in [1.29, 1.82) is 0 Å². The van der Waals surface area contributed by atoms with Crippen LogP contribution in [0.1, 0.15) is 55.6 Å². The van der Waals surface area contributed by atoms with Crippen LogP contribution in [0.2, 0.25) is 0 Å². The second-order valence-corrected chi connectivity index (χ2v) is 9.93.